The van der Waals surface area contributed by atoms with Crippen molar-refractivity contribution in [3.63, 3.8) is 0 Å². The fraction of sp³-hybridized carbons (Fsp3) is 0.467. The third kappa shape index (κ3) is 4.50. The van der Waals surface area contributed by atoms with E-state index in [0.717, 1.165) is 57.2 Å². The van der Waals surface area contributed by atoms with Crippen LogP contribution in [-0.4, -0.2) is 74.9 Å². The van der Waals surface area contributed by atoms with Crippen LogP contribution < -0.4 is 9.64 Å². The number of ether oxygens (including phenoxy) is 2. The number of nitrogens with zero attached hydrogens (tertiary/aromatic N) is 6. The number of aromatic nitrogens is 4. The topological polar surface area (TPSA) is 106 Å². The molecule has 1 aliphatic carbocycles. The third-order valence-corrected chi connectivity index (χ3v) is 8.37. The fourth-order valence-corrected chi connectivity index (χ4v) is 6.27. The van der Waals surface area contributed by atoms with Crippen LogP contribution in [0, 0.1) is 6.92 Å². The van der Waals surface area contributed by atoms with E-state index in [2.05, 4.69) is 34.3 Å². The van der Waals surface area contributed by atoms with E-state index >= 15 is 0 Å². The van der Waals surface area contributed by atoms with Crippen LogP contribution in [0.25, 0.3) is 33.2 Å². The molecule has 6 rings (SSSR count). The minimum absolute atomic E-state index is 0.0992. The maximum Gasteiger partial charge on any atom is 0.407 e. The molecule has 1 saturated carbocycles. The number of methoxy groups -OCH3 is 1. The van der Waals surface area contributed by atoms with Gasteiger partial charge in [0.15, 0.2) is 12.6 Å². The molecule has 40 heavy (non-hydrogen) atoms. The first-order valence-electron chi connectivity index (χ1n) is 13.9. The number of hydrogen-bond donors (Lipinski definition) is 1. The van der Waals surface area contributed by atoms with E-state index in [9.17, 15) is 9.90 Å². The summed E-state index contributed by atoms with van der Waals surface area (Å²) < 4.78 is 13.1. The molecular formula is C30H36N6O4. The van der Waals surface area contributed by atoms with Crippen LogP contribution in [0.5, 0.6) is 5.75 Å². The Kier molecular flexibility index (Phi) is 6.74. The minimum Gasteiger partial charge on any atom is -0.466 e. The Balaban J connectivity index is 1.46. The lowest BCUT2D eigenvalue weighted by molar-refractivity contribution is 0.0511. The predicted octanol–water partition coefficient (Wildman–Crippen LogP) is 5.32. The number of carbonyl (C=O) groups is 1. The average Bonchev–Trinajstić information content (AvgIpc) is 3.26. The molecule has 4 aromatic rings. The highest BCUT2D eigenvalue weighted by atomic mass is 16.7. The first kappa shape index (κ1) is 26.3. The molecule has 10 nitrogen and oxygen atoms in total. The van der Waals surface area contributed by atoms with Crippen molar-refractivity contribution in [3.05, 3.63) is 41.7 Å². The molecule has 0 unspecified atom stereocenters. The Morgan fingerprint density at radius 3 is 2.52 bits per heavy atom. The maximum atomic E-state index is 11.7. The number of piperazine rings is 1. The van der Waals surface area contributed by atoms with Gasteiger partial charge >= 0.3 is 6.09 Å². The van der Waals surface area contributed by atoms with Crippen LogP contribution in [0.15, 0.2) is 30.5 Å². The molecule has 0 radical (unpaired) electrons. The lowest BCUT2D eigenvalue weighted by Gasteiger charge is -2.44. The summed E-state index contributed by atoms with van der Waals surface area (Å²) in [5, 5.41) is 16.3. The van der Waals surface area contributed by atoms with Gasteiger partial charge in [-0.3, -0.25) is 9.58 Å². The standard InChI is InChI=1S/C30H36N6O4/c1-17-13-35(14-18(2)36(17)30(37)38)22-9-10-25-23(12-22)27(20-7-6-8-20)32-29(31-25)24-11-21-15-34(4)33-26(21)19(3)28(24)40-16-39-5/h9-12,15,17-18,20H,6-8,13-14,16H2,1-5H3,(H,37,38)/t17-,18+. The van der Waals surface area contributed by atoms with E-state index in [1.54, 1.807) is 12.0 Å². The number of amides is 1. The Morgan fingerprint density at radius 1 is 1.12 bits per heavy atom. The second-order valence-corrected chi connectivity index (χ2v) is 11.2. The Hall–Kier alpha value is -3.92. The fourth-order valence-electron chi connectivity index (χ4n) is 6.27. The van der Waals surface area contributed by atoms with E-state index in [0.29, 0.717) is 30.6 Å². The maximum absolute atomic E-state index is 11.7. The summed E-state index contributed by atoms with van der Waals surface area (Å²) in [6.45, 7) is 7.35. The lowest BCUT2D eigenvalue weighted by atomic mass is 9.81. The molecule has 1 amide bonds. The minimum atomic E-state index is -0.861. The van der Waals surface area contributed by atoms with E-state index in [-0.39, 0.29) is 18.9 Å². The van der Waals surface area contributed by atoms with Crippen LogP contribution in [0.3, 0.4) is 0 Å². The summed E-state index contributed by atoms with van der Waals surface area (Å²) in [7, 11) is 3.52. The molecule has 2 aromatic heterocycles. The van der Waals surface area contributed by atoms with Crippen molar-refractivity contribution in [1.29, 1.82) is 0 Å². The van der Waals surface area contributed by atoms with E-state index in [1.807, 2.05) is 38.7 Å². The summed E-state index contributed by atoms with van der Waals surface area (Å²) in [4.78, 5) is 25.8. The van der Waals surface area contributed by atoms with Gasteiger partial charge in [-0.05, 0) is 57.9 Å². The molecule has 2 aromatic carbocycles. The van der Waals surface area contributed by atoms with Gasteiger partial charge in [0.05, 0.1) is 34.4 Å². The molecular weight excluding hydrogens is 508 g/mol. The summed E-state index contributed by atoms with van der Waals surface area (Å²) in [6.07, 6.45) is 4.54. The highest BCUT2D eigenvalue weighted by molar-refractivity contribution is 5.92. The number of rotatable bonds is 6. The highest BCUT2D eigenvalue weighted by Crippen LogP contribution is 2.42. The number of hydrogen-bond acceptors (Lipinski definition) is 7. The van der Waals surface area contributed by atoms with Crippen LogP contribution in [0.4, 0.5) is 10.5 Å². The highest BCUT2D eigenvalue weighted by Gasteiger charge is 2.33. The van der Waals surface area contributed by atoms with Crippen LogP contribution in [0.2, 0.25) is 0 Å². The number of carboxylic acid groups (broad SMARTS) is 1. The number of fused-ring (bicyclic) bond motifs is 2. The summed E-state index contributed by atoms with van der Waals surface area (Å²) in [6, 6.07) is 8.22. The van der Waals surface area contributed by atoms with Gasteiger partial charge in [-0.25, -0.2) is 14.8 Å². The number of anilines is 1. The zero-order valence-electron chi connectivity index (χ0n) is 23.7. The molecule has 2 aliphatic rings. The van der Waals surface area contributed by atoms with Gasteiger partial charge in [0, 0.05) is 61.4 Å². The second-order valence-electron chi connectivity index (χ2n) is 11.2. The van der Waals surface area contributed by atoms with Crippen molar-refractivity contribution in [2.24, 2.45) is 7.05 Å². The van der Waals surface area contributed by atoms with E-state index in [4.69, 9.17) is 19.4 Å². The van der Waals surface area contributed by atoms with Gasteiger partial charge in [0.25, 0.3) is 0 Å². The van der Waals surface area contributed by atoms with E-state index < -0.39 is 6.09 Å². The van der Waals surface area contributed by atoms with Gasteiger partial charge < -0.3 is 19.5 Å². The van der Waals surface area contributed by atoms with Gasteiger partial charge in [0.2, 0.25) is 0 Å². The monoisotopic (exact) mass is 544 g/mol. The summed E-state index contributed by atoms with van der Waals surface area (Å²) in [5.74, 6) is 1.70. The molecule has 10 heteroatoms. The molecule has 1 saturated heterocycles. The Labute approximate surface area is 233 Å². The quantitative estimate of drug-likeness (QED) is 0.325. The molecule has 3 heterocycles. The SMILES string of the molecule is COCOc1c(-c2nc(C3CCC3)c3cc(N4C[C@@H](C)N(C(=O)O)[C@@H](C)C4)ccc3n2)cc2cn(C)nc2c1C. The van der Waals surface area contributed by atoms with Crippen molar-refractivity contribution in [2.75, 3.05) is 31.9 Å². The molecule has 0 spiro atoms. The van der Waals surface area contributed by atoms with Crippen molar-refractivity contribution in [3.8, 4) is 17.1 Å². The molecule has 2 atom stereocenters. The molecule has 1 N–H and O–H groups in total. The molecule has 1 aliphatic heterocycles. The number of benzene rings is 2. The lowest BCUT2D eigenvalue weighted by Crippen LogP contribution is -2.58. The van der Waals surface area contributed by atoms with Crippen molar-refractivity contribution in [1.82, 2.24) is 24.6 Å². The zero-order valence-corrected chi connectivity index (χ0v) is 23.7. The third-order valence-electron chi connectivity index (χ3n) is 8.37. The smallest absolute Gasteiger partial charge is 0.407 e. The molecule has 2 fully saturated rings. The van der Waals surface area contributed by atoms with Gasteiger partial charge in [-0.2, -0.15) is 5.10 Å². The van der Waals surface area contributed by atoms with E-state index in [1.165, 1.54) is 6.42 Å². The summed E-state index contributed by atoms with van der Waals surface area (Å²) >= 11 is 0. The first-order valence-corrected chi connectivity index (χ1v) is 13.9. The summed E-state index contributed by atoms with van der Waals surface area (Å²) in [5.41, 5.74) is 5.67. The van der Waals surface area contributed by atoms with Crippen LogP contribution >= 0.6 is 0 Å². The van der Waals surface area contributed by atoms with Crippen molar-refractivity contribution >= 4 is 33.6 Å². The Bertz CT molecular complexity index is 1580. The van der Waals surface area contributed by atoms with Gasteiger partial charge in [-0.1, -0.05) is 6.42 Å². The normalized spacial score (nSPS) is 19.8. The molecule has 0 bridgehead atoms. The van der Waals surface area contributed by atoms with Gasteiger partial charge in [0.1, 0.15) is 5.75 Å². The van der Waals surface area contributed by atoms with Gasteiger partial charge in [-0.15, -0.1) is 0 Å². The Morgan fingerprint density at radius 2 is 1.88 bits per heavy atom. The van der Waals surface area contributed by atoms with Crippen molar-refractivity contribution in [2.45, 2.75) is 58.0 Å². The zero-order chi connectivity index (χ0) is 28.1. The second kappa shape index (κ2) is 10.2. The predicted molar refractivity (Wildman–Crippen MR) is 154 cm³/mol. The average molecular weight is 545 g/mol. The number of aryl methyl sites for hydroxylation is 2. The van der Waals surface area contributed by atoms with Crippen LogP contribution in [-0.2, 0) is 11.8 Å². The molecule has 210 valence electrons. The first-order chi connectivity index (χ1) is 19.2. The van der Waals surface area contributed by atoms with Crippen LogP contribution in [0.1, 0.15) is 50.3 Å². The largest absolute Gasteiger partial charge is 0.466 e. The van der Waals surface area contributed by atoms with Crippen molar-refractivity contribution < 1.29 is 19.4 Å².